The van der Waals surface area contributed by atoms with Crippen molar-refractivity contribution in [2.45, 2.75) is 45.8 Å². The highest BCUT2D eigenvalue weighted by Crippen LogP contribution is 2.36. The molecule has 1 aliphatic heterocycles. The van der Waals surface area contributed by atoms with Crippen molar-refractivity contribution in [3.8, 4) is 5.82 Å². The van der Waals surface area contributed by atoms with Gasteiger partial charge in [-0.25, -0.2) is 9.97 Å². The first-order valence-corrected chi connectivity index (χ1v) is 6.97. The van der Waals surface area contributed by atoms with Crippen LogP contribution in [-0.4, -0.2) is 37.8 Å². The van der Waals surface area contributed by atoms with Gasteiger partial charge >= 0.3 is 7.12 Å². The Bertz CT molecular complexity index is 635. The number of hydrogen-bond acceptors (Lipinski definition) is 5. The van der Waals surface area contributed by atoms with E-state index in [0.717, 1.165) is 11.5 Å². The van der Waals surface area contributed by atoms with Gasteiger partial charge in [-0.3, -0.25) is 9.55 Å². The summed E-state index contributed by atoms with van der Waals surface area (Å²) in [4.78, 5) is 13.0. The summed E-state index contributed by atoms with van der Waals surface area (Å²) in [7, 11) is -0.485. The second kappa shape index (κ2) is 4.64. The van der Waals surface area contributed by atoms with E-state index >= 15 is 0 Å². The Morgan fingerprint density at radius 1 is 1.00 bits per heavy atom. The first kappa shape index (κ1) is 14.2. The molecule has 0 aliphatic carbocycles. The zero-order valence-electron chi connectivity index (χ0n) is 13.0. The minimum absolute atomic E-state index is 0.376. The van der Waals surface area contributed by atoms with Crippen LogP contribution in [0.25, 0.3) is 5.82 Å². The Morgan fingerprint density at radius 3 is 2.14 bits per heavy atom. The predicted octanol–water partition coefficient (Wildman–Crippen LogP) is 1.27. The van der Waals surface area contributed by atoms with E-state index in [1.807, 2.05) is 45.4 Å². The minimum Gasteiger partial charge on any atom is -0.398 e. The normalized spacial score (nSPS) is 20.0. The Labute approximate surface area is 124 Å². The molecular weight excluding hydrogens is 267 g/mol. The fourth-order valence-corrected chi connectivity index (χ4v) is 2.10. The van der Waals surface area contributed by atoms with E-state index in [1.165, 1.54) is 0 Å². The highest BCUT2D eigenvalue weighted by atomic mass is 16.7. The summed E-state index contributed by atoms with van der Waals surface area (Å²) in [5, 5.41) is 0. The molecule has 0 aromatic carbocycles. The summed E-state index contributed by atoms with van der Waals surface area (Å²) < 4.78 is 13.7. The second-order valence-electron chi connectivity index (χ2n) is 6.31. The van der Waals surface area contributed by atoms with Crippen molar-refractivity contribution in [1.82, 2.24) is 19.5 Å². The van der Waals surface area contributed by atoms with Gasteiger partial charge in [0.2, 0.25) is 0 Å². The molecule has 0 N–H and O–H groups in total. The van der Waals surface area contributed by atoms with Gasteiger partial charge in [0.05, 0.1) is 28.7 Å². The van der Waals surface area contributed by atoms with Gasteiger partial charge in [-0.1, -0.05) is 0 Å². The summed E-state index contributed by atoms with van der Waals surface area (Å²) in [5.74, 6) is 0.718. The van der Waals surface area contributed by atoms with E-state index in [4.69, 9.17) is 9.31 Å². The van der Waals surface area contributed by atoms with Gasteiger partial charge in [-0.15, -0.1) is 0 Å². The van der Waals surface area contributed by atoms with Crippen molar-refractivity contribution in [1.29, 1.82) is 0 Å². The van der Waals surface area contributed by atoms with Crippen LogP contribution >= 0.6 is 0 Å². The molecule has 7 heteroatoms. The molecule has 2 aromatic rings. The van der Waals surface area contributed by atoms with Crippen molar-refractivity contribution in [2.75, 3.05) is 0 Å². The lowest BCUT2D eigenvalue weighted by Crippen LogP contribution is -2.41. The Balaban J connectivity index is 1.83. The highest BCUT2D eigenvalue weighted by molar-refractivity contribution is 6.61. The van der Waals surface area contributed by atoms with Crippen LogP contribution in [0, 0.1) is 6.92 Å². The maximum Gasteiger partial charge on any atom is 0.516 e. The molecule has 0 saturated carbocycles. The maximum atomic E-state index is 5.96. The number of aryl methyl sites for hydroxylation is 1. The molecule has 0 spiro atoms. The summed E-state index contributed by atoms with van der Waals surface area (Å²) in [6.07, 6.45) is 7.00. The average Bonchev–Trinajstić information content (AvgIpc) is 2.92. The molecular formula is C14H19BN4O2. The van der Waals surface area contributed by atoms with Crippen molar-refractivity contribution < 1.29 is 9.31 Å². The van der Waals surface area contributed by atoms with Crippen molar-refractivity contribution in [3.05, 3.63) is 30.6 Å². The van der Waals surface area contributed by atoms with Gasteiger partial charge < -0.3 is 9.31 Å². The fraction of sp³-hybridized carbons (Fsp3) is 0.500. The molecule has 1 saturated heterocycles. The Kier molecular flexibility index (Phi) is 3.14. The predicted molar refractivity (Wildman–Crippen MR) is 79.6 cm³/mol. The topological polar surface area (TPSA) is 62.1 Å². The van der Waals surface area contributed by atoms with Gasteiger partial charge in [0, 0.05) is 12.4 Å². The standard InChI is InChI=1S/C14H19BN4O2/c1-10-8-19(9-18-10)12-7-16-11(6-17-12)15-20-13(2,3)14(4,5)21-15/h6-9H,1-5H3. The first-order chi connectivity index (χ1) is 9.78. The second-order valence-corrected chi connectivity index (χ2v) is 6.31. The Hall–Kier alpha value is -1.73. The van der Waals surface area contributed by atoms with Crippen molar-refractivity contribution >= 4 is 12.7 Å². The number of aromatic nitrogens is 4. The van der Waals surface area contributed by atoms with Gasteiger partial charge in [0.1, 0.15) is 6.33 Å². The summed E-state index contributed by atoms with van der Waals surface area (Å²) >= 11 is 0. The lowest BCUT2D eigenvalue weighted by molar-refractivity contribution is 0.00578. The summed E-state index contributed by atoms with van der Waals surface area (Å²) in [6, 6.07) is 0. The molecule has 3 heterocycles. The lowest BCUT2D eigenvalue weighted by Gasteiger charge is -2.32. The zero-order chi connectivity index (χ0) is 15.3. The largest absolute Gasteiger partial charge is 0.516 e. The summed E-state index contributed by atoms with van der Waals surface area (Å²) in [6.45, 7) is 10.0. The van der Waals surface area contributed by atoms with Crippen LogP contribution in [0.1, 0.15) is 33.4 Å². The van der Waals surface area contributed by atoms with Crippen molar-refractivity contribution in [3.63, 3.8) is 0 Å². The van der Waals surface area contributed by atoms with Crippen molar-refractivity contribution in [2.24, 2.45) is 0 Å². The molecule has 2 aromatic heterocycles. The molecule has 6 nitrogen and oxygen atoms in total. The van der Waals surface area contributed by atoms with Crippen LogP contribution < -0.4 is 5.59 Å². The van der Waals surface area contributed by atoms with Crippen LogP contribution in [0.3, 0.4) is 0 Å². The quantitative estimate of drug-likeness (QED) is 0.778. The van der Waals surface area contributed by atoms with E-state index in [0.29, 0.717) is 5.59 Å². The zero-order valence-corrected chi connectivity index (χ0v) is 13.0. The maximum absolute atomic E-state index is 5.96. The molecule has 1 fully saturated rings. The number of hydrogen-bond donors (Lipinski definition) is 0. The van der Waals surface area contributed by atoms with Crippen LogP contribution in [0.15, 0.2) is 24.9 Å². The Morgan fingerprint density at radius 2 is 1.67 bits per heavy atom. The molecule has 21 heavy (non-hydrogen) atoms. The summed E-state index contributed by atoms with van der Waals surface area (Å²) in [5.41, 5.74) is 0.861. The van der Waals surface area contributed by atoms with Gasteiger partial charge in [-0.2, -0.15) is 0 Å². The number of imidazole rings is 1. The molecule has 0 atom stereocenters. The van der Waals surface area contributed by atoms with Gasteiger partial charge in [0.25, 0.3) is 0 Å². The molecule has 0 unspecified atom stereocenters. The third kappa shape index (κ3) is 2.47. The monoisotopic (exact) mass is 286 g/mol. The van der Waals surface area contributed by atoms with E-state index in [1.54, 1.807) is 18.7 Å². The molecule has 3 rings (SSSR count). The third-order valence-electron chi connectivity index (χ3n) is 4.13. The van der Waals surface area contributed by atoms with E-state index < -0.39 is 7.12 Å². The van der Waals surface area contributed by atoms with E-state index in [-0.39, 0.29) is 11.2 Å². The first-order valence-electron chi connectivity index (χ1n) is 6.97. The van der Waals surface area contributed by atoms with E-state index in [2.05, 4.69) is 15.0 Å². The fourth-order valence-electron chi connectivity index (χ4n) is 2.10. The van der Waals surface area contributed by atoms with Crippen LogP contribution in [0.4, 0.5) is 0 Å². The van der Waals surface area contributed by atoms with Gasteiger partial charge in [0.15, 0.2) is 5.82 Å². The molecule has 110 valence electrons. The van der Waals surface area contributed by atoms with Crippen LogP contribution in [-0.2, 0) is 9.31 Å². The number of rotatable bonds is 2. The third-order valence-corrected chi connectivity index (χ3v) is 4.13. The number of nitrogens with zero attached hydrogens (tertiary/aromatic N) is 4. The van der Waals surface area contributed by atoms with Crippen LogP contribution in [0.5, 0.6) is 0 Å². The lowest BCUT2D eigenvalue weighted by atomic mass is 9.85. The molecule has 0 radical (unpaired) electrons. The average molecular weight is 286 g/mol. The molecule has 1 aliphatic rings. The van der Waals surface area contributed by atoms with Gasteiger partial charge in [-0.05, 0) is 34.6 Å². The van der Waals surface area contributed by atoms with Crippen LogP contribution in [0.2, 0.25) is 0 Å². The SMILES string of the molecule is Cc1cn(-c2cnc(B3OC(C)(C)C(C)(C)O3)cn2)cn1. The molecule has 0 bridgehead atoms. The minimum atomic E-state index is -0.485. The highest BCUT2D eigenvalue weighted by Gasteiger charge is 2.52. The smallest absolute Gasteiger partial charge is 0.398 e. The van der Waals surface area contributed by atoms with E-state index in [9.17, 15) is 0 Å². The molecule has 0 amide bonds.